The summed E-state index contributed by atoms with van der Waals surface area (Å²) in [5.41, 5.74) is 11.9. The van der Waals surface area contributed by atoms with E-state index in [0.717, 1.165) is 89.1 Å². The molecule has 0 spiro atoms. The minimum absolute atomic E-state index is 0.792. The van der Waals surface area contributed by atoms with Gasteiger partial charge in [0.25, 0.3) is 0 Å². The van der Waals surface area contributed by atoms with Gasteiger partial charge in [-0.25, -0.2) is 0 Å². The van der Waals surface area contributed by atoms with Crippen molar-refractivity contribution in [3.05, 3.63) is 207 Å². The van der Waals surface area contributed by atoms with Gasteiger partial charge in [0.1, 0.15) is 11.2 Å². The maximum Gasteiger partial charge on any atom is 0.144 e. The van der Waals surface area contributed by atoms with Crippen molar-refractivity contribution >= 4 is 66.8 Å². The molecule has 0 N–H and O–H groups in total. The molecule has 0 fully saturated rings. The average Bonchev–Trinajstić information content (AvgIpc) is 3.88. The van der Waals surface area contributed by atoms with Crippen LogP contribution >= 0.6 is 0 Å². The van der Waals surface area contributed by atoms with Gasteiger partial charge < -0.3 is 18.6 Å². The lowest BCUT2D eigenvalue weighted by Gasteiger charge is -2.30. The standard InChI is InChI=1S/C50H34N2O2/c1-7-19-35(20-8-1)43-33-53-49-41(43)31-45(51(37-23-11-3-12-24-37)38-25-13-4-14-26-38)48-47(49)46(32-42-44(34-54-50(42)48)36-21-9-2-10-22-36)52(39-27-15-5-16-28-39)40-29-17-6-18-30-40/h1-34H. The summed E-state index contributed by atoms with van der Waals surface area (Å²) >= 11 is 0. The first kappa shape index (κ1) is 31.4. The number of rotatable bonds is 8. The molecule has 2 heterocycles. The number of fused-ring (bicyclic) bond motifs is 5. The zero-order valence-electron chi connectivity index (χ0n) is 29.3. The Morgan fingerprint density at radius 3 is 0.889 bits per heavy atom. The topological polar surface area (TPSA) is 32.8 Å². The van der Waals surface area contributed by atoms with E-state index in [9.17, 15) is 0 Å². The molecule has 0 aliphatic carbocycles. The predicted molar refractivity (Wildman–Crippen MR) is 224 cm³/mol. The van der Waals surface area contributed by atoms with Crippen molar-refractivity contribution in [2.75, 3.05) is 9.80 Å². The van der Waals surface area contributed by atoms with Gasteiger partial charge in [-0.3, -0.25) is 0 Å². The molecule has 4 heteroatoms. The van der Waals surface area contributed by atoms with Crippen LogP contribution in [0.1, 0.15) is 0 Å². The highest BCUT2D eigenvalue weighted by Gasteiger charge is 2.29. The largest absolute Gasteiger partial charge is 0.463 e. The van der Waals surface area contributed by atoms with E-state index in [1.165, 1.54) is 0 Å². The molecule has 10 aromatic rings. The number of furan rings is 2. The van der Waals surface area contributed by atoms with Gasteiger partial charge in [-0.1, -0.05) is 133 Å². The van der Waals surface area contributed by atoms with Crippen molar-refractivity contribution in [2.24, 2.45) is 0 Å². The average molecular weight is 695 g/mol. The molecule has 8 aromatic carbocycles. The van der Waals surface area contributed by atoms with Gasteiger partial charge in [0, 0.05) is 44.6 Å². The van der Waals surface area contributed by atoms with Crippen molar-refractivity contribution in [3.63, 3.8) is 0 Å². The third-order valence-corrected chi connectivity index (χ3v) is 10.1. The molecule has 54 heavy (non-hydrogen) atoms. The normalized spacial score (nSPS) is 11.3. The van der Waals surface area contributed by atoms with Crippen LogP contribution in [0.3, 0.4) is 0 Å². The van der Waals surface area contributed by atoms with Crippen LogP contribution in [0.4, 0.5) is 34.1 Å². The van der Waals surface area contributed by atoms with Crippen LogP contribution in [0.2, 0.25) is 0 Å². The molecule has 0 atom stereocenters. The molecule has 0 aliphatic rings. The van der Waals surface area contributed by atoms with Gasteiger partial charge in [-0.05, 0) is 71.8 Å². The first-order valence-corrected chi connectivity index (χ1v) is 18.2. The Hall–Kier alpha value is -7.30. The van der Waals surface area contributed by atoms with Crippen molar-refractivity contribution in [1.29, 1.82) is 0 Å². The van der Waals surface area contributed by atoms with E-state index in [0.29, 0.717) is 0 Å². The van der Waals surface area contributed by atoms with Crippen molar-refractivity contribution in [3.8, 4) is 22.3 Å². The highest BCUT2D eigenvalue weighted by molar-refractivity contribution is 6.28. The van der Waals surface area contributed by atoms with Crippen LogP contribution < -0.4 is 9.80 Å². The molecular formula is C50H34N2O2. The Kier molecular flexibility index (Phi) is 7.77. The van der Waals surface area contributed by atoms with Crippen LogP contribution in [0.15, 0.2) is 215 Å². The Labute approximate surface area is 313 Å². The molecule has 0 radical (unpaired) electrons. The number of para-hydroxylation sites is 4. The van der Waals surface area contributed by atoms with Crippen molar-refractivity contribution in [1.82, 2.24) is 0 Å². The molecule has 0 unspecified atom stereocenters. The summed E-state index contributed by atoms with van der Waals surface area (Å²) in [6.45, 7) is 0. The Balaban J connectivity index is 1.43. The van der Waals surface area contributed by atoms with Crippen LogP contribution in [0.25, 0.3) is 55.0 Å². The van der Waals surface area contributed by atoms with Crippen LogP contribution in [-0.4, -0.2) is 0 Å². The Morgan fingerprint density at radius 1 is 0.315 bits per heavy atom. The molecule has 0 aliphatic heterocycles. The fourth-order valence-corrected chi connectivity index (χ4v) is 7.74. The van der Waals surface area contributed by atoms with E-state index >= 15 is 0 Å². The maximum atomic E-state index is 6.78. The third-order valence-electron chi connectivity index (χ3n) is 10.1. The number of hydrogen-bond donors (Lipinski definition) is 0. The van der Waals surface area contributed by atoms with E-state index in [4.69, 9.17) is 8.83 Å². The molecular weight excluding hydrogens is 661 g/mol. The fraction of sp³-hybridized carbons (Fsp3) is 0. The number of benzene rings is 8. The van der Waals surface area contributed by atoms with E-state index < -0.39 is 0 Å². The SMILES string of the molecule is c1ccc(-c2coc3c2cc(N(c2ccccc2)c2ccccc2)c2c4occ(-c5ccccc5)c4cc(N(c4ccccc4)c4ccccc4)c32)cc1. The lowest BCUT2D eigenvalue weighted by Crippen LogP contribution is -2.13. The van der Waals surface area contributed by atoms with Gasteiger partial charge >= 0.3 is 0 Å². The monoisotopic (exact) mass is 694 g/mol. The highest BCUT2D eigenvalue weighted by atomic mass is 16.3. The summed E-state index contributed by atoms with van der Waals surface area (Å²) in [7, 11) is 0. The number of hydrogen-bond acceptors (Lipinski definition) is 4. The van der Waals surface area contributed by atoms with Crippen LogP contribution in [0.5, 0.6) is 0 Å². The summed E-state index contributed by atoms with van der Waals surface area (Å²) < 4.78 is 13.6. The van der Waals surface area contributed by atoms with E-state index in [2.05, 4.69) is 192 Å². The summed E-state index contributed by atoms with van der Waals surface area (Å²) in [5.74, 6) is 0. The van der Waals surface area contributed by atoms with E-state index in [1.54, 1.807) is 0 Å². The third kappa shape index (κ3) is 5.32. The minimum Gasteiger partial charge on any atom is -0.463 e. The molecule has 256 valence electrons. The quantitative estimate of drug-likeness (QED) is 0.158. The molecule has 2 aromatic heterocycles. The molecule has 0 amide bonds. The molecule has 0 bridgehead atoms. The maximum absolute atomic E-state index is 6.78. The second-order valence-corrected chi connectivity index (χ2v) is 13.3. The molecule has 0 saturated carbocycles. The fourth-order valence-electron chi connectivity index (χ4n) is 7.74. The van der Waals surface area contributed by atoms with Crippen LogP contribution in [-0.2, 0) is 0 Å². The minimum atomic E-state index is 0.792. The first-order chi connectivity index (χ1) is 26.8. The van der Waals surface area contributed by atoms with Gasteiger partial charge in [0.2, 0.25) is 0 Å². The van der Waals surface area contributed by atoms with E-state index in [1.807, 2.05) is 24.7 Å². The van der Waals surface area contributed by atoms with Gasteiger partial charge in [0.05, 0.1) is 34.7 Å². The summed E-state index contributed by atoms with van der Waals surface area (Å²) in [6.07, 6.45) is 3.80. The molecule has 0 saturated heterocycles. The molecule has 4 nitrogen and oxygen atoms in total. The number of anilines is 6. The second-order valence-electron chi connectivity index (χ2n) is 13.3. The summed E-state index contributed by atoms with van der Waals surface area (Å²) in [6, 6.07) is 67.8. The molecule has 10 rings (SSSR count). The smallest absolute Gasteiger partial charge is 0.144 e. The Bertz CT molecular complexity index is 2570. The second kappa shape index (κ2) is 13.4. The highest BCUT2D eigenvalue weighted by Crippen LogP contribution is 2.53. The summed E-state index contributed by atoms with van der Waals surface area (Å²) in [4.78, 5) is 4.68. The van der Waals surface area contributed by atoms with Crippen LogP contribution in [0, 0.1) is 0 Å². The lowest BCUT2D eigenvalue weighted by molar-refractivity contribution is 0.617. The lowest BCUT2D eigenvalue weighted by atomic mass is 9.94. The van der Waals surface area contributed by atoms with Gasteiger partial charge in [-0.2, -0.15) is 0 Å². The Morgan fingerprint density at radius 2 is 0.593 bits per heavy atom. The van der Waals surface area contributed by atoms with Gasteiger partial charge in [0.15, 0.2) is 0 Å². The zero-order chi connectivity index (χ0) is 35.8. The summed E-state index contributed by atoms with van der Waals surface area (Å²) in [5, 5.41) is 3.93. The number of nitrogens with zero attached hydrogens (tertiary/aromatic N) is 2. The van der Waals surface area contributed by atoms with Gasteiger partial charge in [-0.15, -0.1) is 0 Å². The van der Waals surface area contributed by atoms with Crippen molar-refractivity contribution < 1.29 is 8.83 Å². The van der Waals surface area contributed by atoms with Crippen molar-refractivity contribution in [2.45, 2.75) is 0 Å². The zero-order valence-corrected chi connectivity index (χ0v) is 29.3. The predicted octanol–water partition coefficient (Wildman–Crippen LogP) is 14.6. The van der Waals surface area contributed by atoms with E-state index in [-0.39, 0.29) is 0 Å². The first-order valence-electron chi connectivity index (χ1n) is 18.2.